The lowest BCUT2D eigenvalue weighted by atomic mass is 10.1. The predicted molar refractivity (Wildman–Crippen MR) is 120 cm³/mol. The van der Waals surface area contributed by atoms with Crippen molar-refractivity contribution in [2.45, 2.75) is 25.8 Å². The Labute approximate surface area is 178 Å². The molecule has 0 atom stereocenters. The number of fused-ring (bicyclic) bond motifs is 3. The highest BCUT2D eigenvalue weighted by Crippen LogP contribution is 2.39. The van der Waals surface area contributed by atoms with Gasteiger partial charge >= 0.3 is 0 Å². The molecule has 0 bridgehead atoms. The number of amides is 1. The molecule has 1 aromatic carbocycles. The monoisotopic (exact) mass is 415 g/mol. The van der Waals surface area contributed by atoms with Gasteiger partial charge in [0, 0.05) is 42.1 Å². The molecule has 0 saturated carbocycles. The Kier molecular flexibility index (Phi) is 4.88. The molecule has 0 aliphatic heterocycles. The summed E-state index contributed by atoms with van der Waals surface area (Å²) in [6, 6.07) is 11.5. The highest BCUT2D eigenvalue weighted by atomic mass is 32.1. The zero-order valence-electron chi connectivity index (χ0n) is 16.6. The lowest BCUT2D eigenvalue weighted by molar-refractivity contribution is 0.0993. The van der Waals surface area contributed by atoms with E-state index in [1.165, 1.54) is 22.2 Å². The molecule has 0 saturated heterocycles. The van der Waals surface area contributed by atoms with E-state index in [9.17, 15) is 4.79 Å². The van der Waals surface area contributed by atoms with Gasteiger partial charge in [0.25, 0.3) is 5.91 Å². The van der Waals surface area contributed by atoms with Crippen LogP contribution in [0.3, 0.4) is 0 Å². The van der Waals surface area contributed by atoms with Crippen molar-refractivity contribution >= 4 is 39.0 Å². The summed E-state index contributed by atoms with van der Waals surface area (Å²) in [5.41, 5.74) is 4.02. The first-order chi connectivity index (χ1) is 14.7. The Bertz CT molecular complexity index is 1200. The number of nitrogens with zero attached hydrogens (tertiary/aromatic N) is 4. The normalized spacial score (nSPS) is 12.7. The standard InChI is InChI=1S/C23H21N5OS/c1-28(23(29)16-9-11-24-12-10-16)17-7-5-15(6-8-17)13-25-21-20-18-3-2-4-19(18)30-22(20)27-14-26-21/h5-12,14H,2-4,13H2,1H3,(H,25,26,27). The average Bonchev–Trinajstić information content (AvgIpc) is 3.39. The summed E-state index contributed by atoms with van der Waals surface area (Å²) in [7, 11) is 1.78. The zero-order chi connectivity index (χ0) is 20.5. The maximum absolute atomic E-state index is 12.6. The molecule has 0 unspecified atom stereocenters. The highest BCUT2D eigenvalue weighted by Gasteiger charge is 2.21. The molecule has 1 N–H and O–H groups in total. The molecule has 30 heavy (non-hydrogen) atoms. The van der Waals surface area contributed by atoms with Gasteiger partial charge in [-0.05, 0) is 54.7 Å². The predicted octanol–water partition coefficient (Wildman–Crippen LogP) is 4.46. The van der Waals surface area contributed by atoms with Crippen molar-refractivity contribution < 1.29 is 4.79 Å². The van der Waals surface area contributed by atoms with Crippen molar-refractivity contribution in [1.29, 1.82) is 0 Å². The molecule has 5 rings (SSSR count). The van der Waals surface area contributed by atoms with Crippen LogP contribution in [-0.2, 0) is 19.4 Å². The summed E-state index contributed by atoms with van der Waals surface area (Å²) >= 11 is 1.80. The summed E-state index contributed by atoms with van der Waals surface area (Å²) in [6.07, 6.45) is 8.39. The van der Waals surface area contributed by atoms with E-state index >= 15 is 0 Å². The van der Waals surface area contributed by atoms with Crippen LogP contribution in [0.25, 0.3) is 10.2 Å². The topological polar surface area (TPSA) is 71.0 Å². The number of hydrogen-bond donors (Lipinski definition) is 1. The average molecular weight is 416 g/mol. The number of nitrogens with one attached hydrogen (secondary N) is 1. The van der Waals surface area contributed by atoms with Crippen molar-refractivity contribution in [2.24, 2.45) is 0 Å². The maximum Gasteiger partial charge on any atom is 0.258 e. The molecule has 3 aromatic heterocycles. The van der Waals surface area contributed by atoms with Gasteiger partial charge in [-0.25, -0.2) is 9.97 Å². The maximum atomic E-state index is 12.6. The van der Waals surface area contributed by atoms with Gasteiger partial charge in [-0.15, -0.1) is 11.3 Å². The van der Waals surface area contributed by atoms with Crippen LogP contribution in [-0.4, -0.2) is 27.9 Å². The fourth-order valence-corrected chi connectivity index (χ4v) is 5.12. The number of carbonyl (C=O) groups is 1. The molecule has 1 aliphatic rings. The van der Waals surface area contributed by atoms with Gasteiger partial charge in [-0.1, -0.05) is 12.1 Å². The van der Waals surface area contributed by atoms with Crippen molar-refractivity contribution in [3.63, 3.8) is 0 Å². The largest absolute Gasteiger partial charge is 0.365 e. The second-order valence-electron chi connectivity index (χ2n) is 7.38. The Balaban J connectivity index is 1.30. The van der Waals surface area contributed by atoms with Crippen LogP contribution in [0.15, 0.2) is 55.1 Å². The fourth-order valence-electron chi connectivity index (χ4n) is 3.89. The summed E-state index contributed by atoms with van der Waals surface area (Å²) in [5, 5.41) is 4.67. The van der Waals surface area contributed by atoms with E-state index in [2.05, 4.69) is 20.3 Å². The Hall–Kier alpha value is -3.32. The minimum Gasteiger partial charge on any atom is -0.365 e. The number of pyridine rings is 1. The Morgan fingerprint density at radius 3 is 2.70 bits per heavy atom. The molecular weight excluding hydrogens is 394 g/mol. The van der Waals surface area contributed by atoms with Crippen LogP contribution in [0.4, 0.5) is 11.5 Å². The van der Waals surface area contributed by atoms with Crippen LogP contribution in [0, 0.1) is 0 Å². The van der Waals surface area contributed by atoms with E-state index in [-0.39, 0.29) is 5.91 Å². The molecule has 1 amide bonds. The number of thiophene rings is 1. The van der Waals surface area contributed by atoms with Gasteiger partial charge in [0.15, 0.2) is 0 Å². The Morgan fingerprint density at radius 2 is 1.90 bits per heavy atom. The number of carbonyl (C=O) groups excluding carboxylic acids is 1. The number of hydrogen-bond acceptors (Lipinski definition) is 6. The van der Waals surface area contributed by atoms with E-state index < -0.39 is 0 Å². The molecule has 4 aromatic rings. The first kappa shape index (κ1) is 18.7. The molecule has 3 heterocycles. The van der Waals surface area contributed by atoms with Crippen molar-refractivity contribution in [1.82, 2.24) is 15.0 Å². The lowest BCUT2D eigenvalue weighted by Gasteiger charge is -2.18. The van der Waals surface area contributed by atoms with Gasteiger partial charge in [-0.3, -0.25) is 9.78 Å². The second kappa shape index (κ2) is 7.84. The van der Waals surface area contributed by atoms with Gasteiger partial charge in [0.2, 0.25) is 0 Å². The van der Waals surface area contributed by atoms with Crippen LogP contribution in [0.2, 0.25) is 0 Å². The van der Waals surface area contributed by atoms with E-state index in [0.717, 1.165) is 34.7 Å². The molecule has 0 spiro atoms. The van der Waals surface area contributed by atoms with Crippen molar-refractivity contribution in [2.75, 3.05) is 17.3 Å². The molecule has 6 nitrogen and oxygen atoms in total. The Morgan fingerprint density at radius 1 is 1.10 bits per heavy atom. The van der Waals surface area contributed by atoms with Crippen molar-refractivity contribution in [3.8, 4) is 0 Å². The third kappa shape index (κ3) is 3.41. The summed E-state index contributed by atoms with van der Waals surface area (Å²) in [6.45, 7) is 0.666. The van der Waals surface area contributed by atoms with E-state index in [1.54, 1.807) is 54.1 Å². The third-order valence-corrected chi connectivity index (χ3v) is 6.72. The van der Waals surface area contributed by atoms with Crippen molar-refractivity contribution in [3.05, 3.63) is 76.7 Å². The number of rotatable bonds is 5. The van der Waals surface area contributed by atoms with Gasteiger partial charge in [0.1, 0.15) is 17.0 Å². The summed E-state index contributed by atoms with van der Waals surface area (Å²) < 4.78 is 0. The first-order valence-electron chi connectivity index (χ1n) is 9.97. The van der Waals surface area contributed by atoms with Crippen LogP contribution >= 0.6 is 11.3 Å². The quantitative estimate of drug-likeness (QED) is 0.521. The second-order valence-corrected chi connectivity index (χ2v) is 8.46. The highest BCUT2D eigenvalue weighted by molar-refractivity contribution is 7.19. The summed E-state index contributed by atoms with van der Waals surface area (Å²) in [5.74, 6) is 0.853. The van der Waals surface area contributed by atoms with Gasteiger partial charge in [0.05, 0.1) is 5.39 Å². The SMILES string of the molecule is CN(C(=O)c1ccncc1)c1ccc(CNc2ncnc3sc4c(c23)CCC4)cc1. The third-order valence-electron chi connectivity index (χ3n) is 5.52. The molecule has 0 fully saturated rings. The van der Waals surface area contributed by atoms with Crippen LogP contribution in [0.1, 0.15) is 32.8 Å². The molecule has 7 heteroatoms. The fraction of sp³-hybridized carbons (Fsp3) is 0.217. The van der Waals surface area contributed by atoms with Crippen LogP contribution < -0.4 is 10.2 Å². The first-order valence-corrected chi connectivity index (χ1v) is 10.8. The number of benzene rings is 1. The number of aryl methyl sites for hydroxylation is 2. The van der Waals surface area contributed by atoms with E-state index in [4.69, 9.17) is 0 Å². The lowest BCUT2D eigenvalue weighted by Crippen LogP contribution is -2.26. The molecule has 150 valence electrons. The smallest absolute Gasteiger partial charge is 0.258 e. The molecule has 1 aliphatic carbocycles. The van der Waals surface area contributed by atoms with E-state index in [1.807, 2.05) is 24.3 Å². The van der Waals surface area contributed by atoms with E-state index in [0.29, 0.717) is 12.1 Å². The minimum atomic E-state index is -0.0574. The molecule has 0 radical (unpaired) electrons. The van der Waals surface area contributed by atoms with Gasteiger partial charge < -0.3 is 10.2 Å². The minimum absolute atomic E-state index is 0.0574. The summed E-state index contributed by atoms with van der Waals surface area (Å²) in [4.78, 5) is 29.7. The zero-order valence-corrected chi connectivity index (χ0v) is 17.4. The number of anilines is 2. The number of aromatic nitrogens is 3. The van der Waals surface area contributed by atoms with Crippen LogP contribution in [0.5, 0.6) is 0 Å². The van der Waals surface area contributed by atoms with Gasteiger partial charge in [-0.2, -0.15) is 0 Å². The molecular formula is C23H21N5OS.